The van der Waals surface area contributed by atoms with Crippen LogP contribution in [0.4, 0.5) is 4.79 Å². The van der Waals surface area contributed by atoms with Crippen LogP contribution in [-0.4, -0.2) is 22.5 Å². The highest BCUT2D eigenvalue weighted by atomic mass is 32.2. The van der Waals surface area contributed by atoms with Crippen LogP contribution in [0.2, 0.25) is 0 Å². The van der Waals surface area contributed by atoms with Gasteiger partial charge in [-0.15, -0.1) is 0 Å². The minimum atomic E-state index is -0.255. The predicted octanol–water partition coefficient (Wildman–Crippen LogP) is 5.71. The van der Waals surface area contributed by atoms with E-state index in [9.17, 15) is 4.79 Å². The van der Waals surface area contributed by atoms with Crippen LogP contribution in [0.5, 0.6) is 0 Å². The second-order valence-corrected chi connectivity index (χ2v) is 7.83. The number of aromatic nitrogens is 1. The fraction of sp³-hybridized carbons (Fsp3) is 0.217. The van der Waals surface area contributed by atoms with Crippen molar-refractivity contribution in [1.82, 2.24) is 9.88 Å². The molecule has 5 heteroatoms. The normalized spacial score (nSPS) is 16.1. The zero-order valence-corrected chi connectivity index (χ0v) is 16.3. The first-order valence-corrected chi connectivity index (χ1v) is 10.3. The van der Waals surface area contributed by atoms with Crippen molar-refractivity contribution in [3.8, 4) is 0 Å². The van der Waals surface area contributed by atoms with Crippen LogP contribution in [-0.2, 0) is 11.3 Å². The van der Waals surface area contributed by atoms with E-state index >= 15 is 0 Å². The fourth-order valence-electron chi connectivity index (χ4n) is 3.39. The van der Waals surface area contributed by atoms with Crippen molar-refractivity contribution in [2.75, 3.05) is 6.54 Å². The summed E-state index contributed by atoms with van der Waals surface area (Å²) in [7, 11) is 0. The van der Waals surface area contributed by atoms with Crippen LogP contribution >= 0.6 is 11.8 Å². The molecule has 0 bridgehead atoms. The summed E-state index contributed by atoms with van der Waals surface area (Å²) in [5.41, 5.74) is 2.06. The molecular formula is C23H22N2O2S. The van der Waals surface area contributed by atoms with Crippen molar-refractivity contribution in [2.24, 2.45) is 0 Å². The third-order valence-corrected chi connectivity index (χ3v) is 5.76. The molecule has 1 fully saturated rings. The van der Waals surface area contributed by atoms with Crippen LogP contribution in [0.3, 0.4) is 0 Å². The maximum absolute atomic E-state index is 12.6. The molecule has 0 unspecified atom stereocenters. The molecule has 2 aromatic carbocycles. The van der Waals surface area contributed by atoms with Gasteiger partial charge in [0.15, 0.2) is 0 Å². The number of benzene rings is 2. The van der Waals surface area contributed by atoms with Gasteiger partial charge in [0.25, 0.3) is 0 Å². The lowest BCUT2D eigenvalue weighted by Crippen LogP contribution is -2.31. The molecule has 1 aromatic heterocycles. The third kappa shape index (κ3) is 4.54. The molecule has 4 rings (SSSR count). The molecule has 0 N–H and O–H groups in total. The van der Waals surface area contributed by atoms with E-state index in [0.717, 1.165) is 40.4 Å². The second kappa shape index (κ2) is 8.93. The third-order valence-electron chi connectivity index (χ3n) is 4.80. The Morgan fingerprint density at radius 2 is 1.79 bits per heavy atom. The lowest BCUT2D eigenvalue weighted by Gasteiger charge is -2.24. The molecule has 1 saturated heterocycles. The Labute approximate surface area is 169 Å². The number of hydrogen-bond acceptors (Lipinski definition) is 4. The summed E-state index contributed by atoms with van der Waals surface area (Å²) in [5, 5.41) is 0.950. The molecule has 1 aliphatic rings. The molecule has 28 heavy (non-hydrogen) atoms. The SMILES string of the molecule is O=C(OCc1ccccc1)N1CCC[C@H]1c1ccc(Sc2ccccc2)nc1. The highest BCUT2D eigenvalue weighted by Crippen LogP contribution is 2.33. The molecule has 1 aliphatic heterocycles. The van der Waals surface area contributed by atoms with Crippen molar-refractivity contribution in [2.45, 2.75) is 35.4 Å². The molecule has 1 amide bonds. The Balaban J connectivity index is 1.39. The fourth-order valence-corrected chi connectivity index (χ4v) is 4.17. The number of nitrogens with zero attached hydrogens (tertiary/aromatic N) is 2. The molecular weight excluding hydrogens is 368 g/mol. The molecule has 0 saturated carbocycles. The van der Waals surface area contributed by atoms with E-state index < -0.39 is 0 Å². The van der Waals surface area contributed by atoms with E-state index in [-0.39, 0.29) is 12.1 Å². The smallest absolute Gasteiger partial charge is 0.410 e. The van der Waals surface area contributed by atoms with E-state index in [4.69, 9.17) is 4.74 Å². The highest BCUT2D eigenvalue weighted by molar-refractivity contribution is 7.99. The summed E-state index contributed by atoms with van der Waals surface area (Å²) in [5.74, 6) is 0. The molecule has 0 spiro atoms. The van der Waals surface area contributed by atoms with Gasteiger partial charge in [0.05, 0.1) is 6.04 Å². The number of ether oxygens (including phenoxy) is 1. The largest absolute Gasteiger partial charge is 0.445 e. The number of hydrogen-bond donors (Lipinski definition) is 0. The van der Waals surface area contributed by atoms with E-state index in [0.29, 0.717) is 6.61 Å². The van der Waals surface area contributed by atoms with Gasteiger partial charge in [0, 0.05) is 17.6 Å². The summed E-state index contributed by atoms with van der Waals surface area (Å²) in [6, 6.07) is 24.1. The zero-order chi connectivity index (χ0) is 19.2. The lowest BCUT2D eigenvalue weighted by molar-refractivity contribution is 0.0920. The van der Waals surface area contributed by atoms with Crippen LogP contribution < -0.4 is 0 Å². The average molecular weight is 391 g/mol. The standard InChI is InChI=1S/C23H22N2O2S/c26-23(27-17-18-8-3-1-4-9-18)25-15-7-12-21(25)19-13-14-22(24-16-19)28-20-10-5-2-6-11-20/h1-6,8-11,13-14,16,21H,7,12,15,17H2/t21-/m0/s1. The van der Waals surface area contributed by atoms with Crippen LogP contribution in [0.15, 0.2) is 88.9 Å². The highest BCUT2D eigenvalue weighted by Gasteiger charge is 2.31. The Kier molecular flexibility index (Phi) is 5.92. The first-order chi connectivity index (χ1) is 13.8. The zero-order valence-electron chi connectivity index (χ0n) is 15.5. The molecule has 3 aromatic rings. The molecule has 0 aliphatic carbocycles. The first-order valence-electron chi connectivity index (χ1n) is 9.46. The van der Waals surface area contributed by atoms with Crippen LogP contribution in [0.1, 0.15) is 30.0 Å². The van der Waals surface area contributed by atoms with Crippen molar-refractivity contribution in [1.29, 1.82) is 0 Å². The first kappa shape index (κ1) is 18.6. The van der Waals surface area contributed by atoms with Crippen LogP contribution in [0, 0.1) is 0 Å². The maximum Gasteiger partial charge on any atom is 0.410 e. The number of carbonyl (C=O) groups excluding carboxylic acids is 1. The van der Waals surface area contributed by atoms with E-state index in [1.165, 1.54) is 0 Å². The van der Waals surface area contributed by atoms with Gasteiger partial charge in [-0.3, -0.25) is 0 Å². The Morgan fingerprint density at radius 1 is 1.04 bits per heavy atom. The summed E-state index contributed by atoms with van der Waals surface area (Å²) in [6.45, 7) is 1.02. The second-order valence-electron chi connectivity index (χ2n) is 6.74. The van der Waals surface area contributed by atoms with E-state index in [1.807, 2.05) is 65.7 Å². The molecule has 1 atom stereocenters. The number of carbonyl (C=O) groups is 1. The summed E-state index contributed by atoms with van der Waals surface area (Å²) < 4.78 is 5.53. The molecule has 0 radical (unpaired) electrons. The number of pyridine rings is 1. The lowest BCUT2D eigenvalue weighted by atomic mass is 10.1. The maximum atomic E-state index is 12.6. The van der Waals surface area contributed by atoms with Gasteiger partial charge in [-0.2, -0.15) is 0 Å². The number of likely N-dealkylation sites (tertiary alicyclic amines) is 1. The quantitative estimate of drug-likeness (QED) is 0.560. The Hall–Kier alpha value is -2.79. The van der Waals surface area contributed by atoms with Gasteiger partial charge in [-0.05, 0) is 42.2 Å². The number of rotatable bonds is 5. The topological polar surface area (TPSA) is 42.4 Å². The molecule has 2 heterocycles. The van der Waals surface area contributed by atoms with Gasteiger partial charge in [0.2, 0.25) is 0 Å². The number of amides is 1. The van der Waals surface area contributed by atoms with E-state index in [2.05, 4.69) is 23.2 Å². The van der Waals surface area contributed by atoms with Gasteiger partial charge < -0.3 is 9.64 Å². The van der Waals surface area contributed by atoms with Gasteiger partial charge in [0.1, 0.15) is 11.6 Å². The summed E-state index contributed by atoms with van der Waals surface area (Å²) >= 11 is 1.64. The van der Waals surface area contributed by atoms with E-state index in [1.54, 1.807) is 11.8 Å². The Morgan fingerprint density at radius 3 is 2.50 bits per heavy atom. The summed E-state index contributed by atoms with van der Waals surface area (Å²) in [6.07, 6.45) is 3.55. The molecule has 142 valence electrons. The van der Waals surface area contributed by atoms with Crippen LogP contribution in [0.25, 0.3) is 0 Å². The van der Waals surface area contributed by atoms with Gasteiger partial charge in [-0.1, -0.05) is 66.4 Å². The van der Waals surface area contributed by atoms with Crippen molar-refractivity contribution >= 4 is 17.9 Å². The van der Waals surface area contributed by atoms with Crippen molar-refractivity contribution < 1.29 is 9.53 Å². The van der Waals surface area contributed by atoms with Gasteiger partial charge >= 0.3 is 6.09 Å². The minimum Gasteiger partial charge on any atom is -0.445 e. The van der Waals surface area contributed by atoms with Crippen molar-refractivity contribution in [3.05, 3.63) is 90.1 Å². The Bertz CT molecular complexity index is 901. The minimum absolute atomic E-state index is 0.0338. The predicted molar refractivity (Wildman–Crippen MR) is 110 cm³/mol. The van der Waals surface area contributed by atoms with Crippen molar-refractivity contribution in [3.63, 3.8) is 0 Å². The average Bonchev–Trinajstić information content (AvgIpc) is 3.24. The molecule has 4 nitrogen and oxygen atoms in total. The summed E-state index contributed by atoms with van der Waals surface area (Å²) in [4.78, 5) is 20.2. The monoisotopic (exact) mass is 390 g/mol. The van der Waals surface area contributed by atoms with Gasteiger partial charge in [-0.25, -0.2) is 9.78 Å².